The molecule has 22 heavy (non-hydrogen) atoms. The van der Waals surface area contributed by atoms with E-state index < -0.39 is 0 Å². The summed E-state index contributed by atoms with van der Waals surface area (Å²) < 4.78 is 5.89. The highest BCUT2D eigenvalue weighted by molar-refractivity contribution is 7.80. The molecule has 0 spiro atoms. The van der Waals surface area contributed by atoms with Crippen LogP contribution in [0.15, 0.2) is 34.7 Å². The van der Waals surface area contributed by atoms with Gasteiger partial charge in [-0.15, -0.1) is 0 Å². The zero-order chi connectivity index (χ0) is 15.9. The zero-order valence-electron chi connectivity index (χ0n) is 12.1. The molecule has 0 unspecified atom stereocenters. The van der Waals surface area contributed by atoms with Crippen LogP contribution in [0.2, 0.25) is 5.02 Å². The van der Waals surface area contributed by atoms with Crippen molar-refractivity contribution in [2.45, 2.75) is 13.8 Å². The van der Waals surface area contributed by atoms with E-state index in [0.29, 0.717) is 16.5 Å². The Morgan fingerprint density at radius 1 is 1.27 bits per heavy atom. The lowest BCUT2D eigenvalue weighted by Gasteiger charge is -2.06. The quantitative estimate of drug-likeness (QED) is 0.680. The van der Waals surface area contributed by atoms with Gasteiger partial charge in [0.25, 0.3) is 0 Å². The van der Waals surface area contributed by atoms with Gasteiger partial charge in [-0.05, 0) is 61.5 Å². The van der Waals surface area contributed by atoms with Crippen LogP contribution in [0.4, 0.5) is 5.69 Å². The van der Waals surface area contributed by atoms with Crippen molar-refractivity contribution in [2.75, 3.05) is 5.32 Å². The van der Waals surface area contributed by atoms with Crippen LogP contribution >= 0.6 is 23.8 Å². The van der Waals surface area contributed by atoms with Gasteiger partial charge in [0.1, 0.15) is 5.52 Å². The first-order chi connectivity index (χ1) is 10.4. The fourth-order valence-electron chi connectivity index (χ4n) is 2.40. The molecule has 0 aliphatic carbocycles. The van der Waals surface area contributed by atoms with Crippen molar-refractivity contribution in [3.05, 3.63) is 46.5 Å². The number of nitrogens with zero attached hydrogens (tertiary/aromatic N) is 1. The van der Waals surface area contributed by atoms with Gasteiger partial charge in [-0.2, -0.15) is 0 Å². The van der Waals surface area contributed by atoms with Crippen molar-refractivity contribution in [2.24, 2.45) is 5.73 Å². The summed E-state index contributed by atoms with van der Waals surface area (Å²) in [4.78, 5) is 4.54. The second kappa shape index (κ2) is 5.59. The molecular weight excluding hydrogens is 318 g/mol. The molecule has 0 saturated carbocycles. The Morgan fingerprint density at radius 2 is 2.05 bits per heavy atom. The number of hydrogen-bond donors (Lipinski definition) is 2. The Hall–Kier alpha value is -2.11. The van der Waals surface area contributed by atoms with Crippen LogP contribution in [0.1, 0.15) is 11.1 Å². The number of nitrogens with one attached hydrogen (secondary N) is 1. The van der Waals surface area contributed by atoms with Crippen LogP contribution in [0, 0.1) is 13.8 Å². The summed E-state index contributed by atoms with van der Waals surface area (Å²) in [5.74, 6) is 0.472. The highest BCUT2D eigenvalue weighted by Gasteiger charge is 2.14. The van der Waals surface area contributed by atoms with Crippen LogP contribution in [-0.2, 0) is 0 Å². The number of hydrogen-bond acceptors (Lipinski definition) is 3. The lowest BCUT2D eigenvalue weighted by atomic mass is 10.1. The van der Waals surface area contributed by atoms with Crippen molar-refractivity contribution in [1.29, 1.82) is 0 Å². The van der Waals surface area contributed by atoms with E-state index in [2.05, 4.69) is 16.4 Å². The summed E-state index contributed by atoms with van der Waals surface area (Å²) in [5, 5.41) is 3.62. The van der Waals surface area contributed by atoms with Crippen LogP contribution in [0.3, 0.4) is 0 Å². The number of thiocarbonyl (C=S) groups is 1. The Kier molecular flexibility index (Phi) is 3.76. The minimum atomic E-state index is 0.192. The number of fused-ring (bicyclic) bond motifs is 1. The molecule has 6 heteroatoms. The van der Waals surface area contributed by atoms with E-state index in [1.807, 2.05) is 26.0 Å². The van der Waals surface area contributed by atoms with Gasteiger partial charge in [-0.1, -0.05) is 17.7 Å². The van der Waals surface area contributed by atoms with Gasteiger partial charge in [0.15, 0.2) is 10.7 Å². The highest BCUT2D eigenvalue weighted by Crippen LogP contribution is 2.33. The molecule has 0 amide bonds. The number of aromatic nitrogens is 1. The molecule has 3 rings (SSSR count). The topological polar surface area (TPSA) is 64.1 Å². The van der Waals surface area contributed by atoms with E-state index in [9.17, 15) is 0 Å². The van der Waals surface area contributed by atoms with Gasteiger partial charge in [0.05, 0.1) is 10.6 Å². The minimum Gasteiger partial charge on any atom is -0.436 e. The summed E-state index contributed by atoms with van der Waals surface area (Å²) in [6.45, 7) is 4.03. The first kappa shape index (κ1) is 14.8. The SMILES string of the molecule is Cc1cc(C)c2oc(-c3cc(NC(N)=S)ccc3Cl)nc2c1. The zero-order valence-corrected chi connectivity index (χ0v) is 13.7. The summed E-state index contributed by atoms with van der Waals surface area (Å²) >= 11 is 11.1. The second-order valence-corrected chi connectivity index (χ2v) is 5.98. The maximum atomic E-state index is 6.27. The smallest absolute Gasteiger partial charge is 0.228 e. The van der Waals surface area contributed by atoms with E-state index in [4.69, 9.17) is 34.0 Å². The fraction of sp³-hybridized carbons (Fsp3) is 0.125. The van der Waals surface area contributed by atoms with Gasteiger partial charge in [0.2, 0.25) is 5.89 Å². The lowest BCUT2D eigenvalue weighted by Crippen LogP contribution is -2.18. The first-order valence-corrected chi connectivity index (χ1v) is 7.47. The number of rotatable bonds is 2. The summed E-state index contributed by atoms with van der Waals surface area (Å²) in [7, 11) is 0. The van der Waals surface area contributed by atoms with E-state index in [0.717, 1.165) is 27.9 Å². The van der Waals surface area contributed by atoms with Crippen molar-refractivity contribution in [3.8, 4) is 11.5 Å². The molecule has 3 N–H and O–H groups in total. The number of nitrogens with two attached hydrogens (primary N) is 1. The molecule has 3 aromatic rings. The number of oxazole rings is 1. The molecule has 0 saturated heterocycles. The number of anilines is 1. The number of benzene rings is 2. The third-order valence-electron chi connectivity index (χ3n) is 3.28. The molecule has 0 radical (unpaired) electrons. The summed E-state index contributed by atoms with van der Waals surface area (Å²) in [5.41, 5.74) is 10.7. The predicted octanol–water partition coefficient (Wildman–Crippen LogP) is 4.42. The monoisotopic (exact) mass is 331 g/mol. The molecule has 0 aliphatic heterocycles. The predicted molar refractivity (Wildman–Crippen MR) is 94.3 cm³/mol. The maximum absolute atomic E-state index is 6.27. The largest absolute Gasteiger partial charge is 0.436 e. The Balaban J connectivity index is 2.14. The molecule has 2 aromatic carbocycles. The third-order valence-corrected chi connectivity index (χ3v) is 3.72. The van der Waals surface area contributed by atoms with Crippen molar-refractivity contribution < 1.29 is 4.42 Å². The van der Waals surface area contributed by atoms with Gasteiger partial charge in [-0.3, -0.25) is 0 Å². The van der Waals surface area contributed by atoms with Crippen LogP contribution < -0.4 is 11.1 Å². The molecular formula is C16H14ClN3OS. The van der Waals surface area contributed by atoms with Crippen molar-refractivity contribution in [3.63, 3.8) is 0 Å². The molecule has 0 aliphatic rings. The minimum absolute atomic E-state index is 0.192. The van der Waals surface area contributed by atoms with Gasteiger partial charge >= 0.3 is 0 Å². The van der Waals surface area contributed by atoms with Crippen LogP contribution in [0.5, 0.6) is 0 Å². The normalized spacial score (nSPS) is 10.9. The molecule has 0 atom stereocenters. The second-order valence-electron chi connectivity index (χ2n) is 5.13. The van der Waals surface area contributed by atoms with E-state index >= 15 is 0 Å². The standard InChI is InChI=1S/C16H14ClN3OS/c1-8-5-9(2)14-13(6-8)20-15(21-14)11-7-10(19-16(18)22)3-4-12(11)17/h3-7H,1-2H3,(H3,18,19,22). The van der Waals surface area contributed by atoms with E-state index in [-0.39, 0.29) is 5.11 Å². The molecule has 0 bridgehead atoms. The van der Waals surface area contributed by atoms with Gasteiger partial charge < -0.3 is 15.5 Å². The summed E-state index contributed by atoms with van der Waals surface area (Å²) in [6, 6.07) is 9.41. The fourth-order valence-corrected chi connectivity index (χ4v) is 2.72. The van der Waals surface area contributed by atoms with E-state index in [1.54, 1.807) is 12.1 Å². The highest BCUT2D eigenvalue weighted by atomic mass is 35.5. The Labute approximate surface area is 138 Å². The van der Waals surface area contributed by atoms with Gasteiger partial charge in [-0.25, -0.2) is 4.98 Å². The third kappa shape index (κ3) is 2.77. The van der Waals surface area contributed by atoms with E-state index in [1.165, 1.54) is 0 Å². The Morgan fingerprint density at radius 3 is 2.77 bits per heavy atom. The molecule has 4 nitrogen and oxygen atoms in total. The van der Waals surface area contributed by atoms with Crippen LogP contribution in [0.25, 0.3) is 22.6 Å². The molecule has 1 heterocycles. The van der Waals surface area contributed by atoms with Crippen molar-refractivity contribution >= 4 is 45.7 Å². The molecule has 0 fully saturated rings. The molecule has 112 valence electrons. The Bertz CT molecular complexity index is 888. The van der Waals surface area contributed by atoms with Crippen LogP contribution in [-0.4, -0.2) is 10.1 Å². The van der Waals surface area contributed by atoms with Gasteiger partial charge in [0, 0.05) is 5.69 Å². The average Bonchev–Trinajstić information content (AvgIpc) is 2.84. The first-order valence-electron chi connectivity index (χ1n) is 6.68. The average molecular weight is 332 g/mol. The maximum Gasteiger partial charge on any atom is 0.228 e. The van der Waals surface area contributed by atoms with Crippen molar-refractivity contribution in [1.82, 2.24) is 4.98 Å². The number of halogens is 1. The number of aryl methyl sites for hydroxylation is 2. The molecule has 1 aromatic heterocycles. The summed E-state index contributed by atoms with van der Waals surface area (Å²) in [6.07, 6.45) is 0. The lowest BCUT2D eigenvalue weighted by molar-refractivity contribution is 0.617.